The Kier molecular flexibility index (Phi) is 6.19. The van der Waals surface area contributed by atoms with Gasteiger partial charge in [-0.3, -0.25) is 9.79 Å². The molecule has 0 spiro atoms. The molecule has 0 bridgehead atoms. The number of benzene rings is 1. The van der Waals surface area contributed by atoms with Gasteiger partial charge in [-0.2, -0.15) is 0 Å². The number of ether oxygens (including phenoxy) is 1. The highest BCUT2D eigenvalue weighted by molar-refractivity contribution is 6.65. The third-order valence-corrected chi connectivity index (χ3v) is 4.51. The zero-order chi connectivity index (χ0) is 17.9. The summed E-state index contributed by atoms with van der Waals surface area (Å²) < 4.78 is 5.22. The third kappa shape index (κ3) is 3.87. The molecule has 0 amide bonds. The third-order valence-electron chi connectivity index (χ3n) is 4.28. The smallest absolute Gasteiger partial charge is 0.231 e. The summed E-state index contributed by atoms with van der Waals surface area (Å²) in [5.74, 6) is 0.745. The molecule has 2 rings (SSSR count). The molecule has 0 saturated heterocycles. The Balaban J connectivity index is 2.61. The standard InChI is InChI=1S/C19H25ClN2O2/c1-11(2)9-16-15(10-21)18(17(19(20)23)12(3)22-16)13-5-7-14(24-4)8-6-13/h5-8,11-12,17H,9-10,21H2,1-4H3. The largest absolute Gasteiger partial charge is 0.497 e. The predicted octanol–water partition coefficient (Wildman–Crippen LogP) is 3.68. The highest BCUT2D eigenvalue weighted by atomic mass is 35.5. The molecule has 2 N–H and O–H groups in total. The van der Waals surface area contributed by atoms with Gasteiger partial charge in [0.05, 0.1) is 19.1 Å². The van der Waals surface area contributed by atoms with Gasteiger partial charge in [-0.1, -0.05) is 26.0 Å². The van der Waals surface area contributed by atoms with Crippen LogP contribution in [0.5, 0.6) is 5.75 Å². The van der Waals surface area contributed by atoms with Crippen LogP contribution in [0.4, 0.5) is 0 Å². The van der Waals surface area contributed by atoms with Crippen molar-refractivity contribution in [2.24, 2.45) is 22.6 Å². The van der Waals surface area contributed by atoms with E-state index < -0.39 is 11.2 Å². The number of nitrogens with two attached hydrogens (primary N) is 1. The van der Waals surface area contributed by atoms with Crippen molar-refractivity contribution in [3.8, 4) is 5.75 Å². The van der Waals surface area contributed by atoms with Gasteiger partial charge in [-0.25, -0.2) is 0 Å². The summed E-state index contributed by atoms with van der Waals surface area (Å²) >= 11 is 5.92. The van der Waals surface area contributed by atoms with E-state index >= 15 is 0 Å². The van der Waals surface area contributed by atoms with Crippen molar-refractivity contribution in [3.63, 3.8) is 0 Å². The van der Waals surface area contributed by atoms with Crippen LogP contribution in [0.25, 0.3) is 5.57 Å². The molecule has 0 aromatic heterocycles. The summed E-state index contributed by atoms with van der Waals surface area (Å²) in [4.78, 5) is 16.8. The molecule has 0 radical (unpaired) electrons. The normalized spacial score (nSPS) is 21.0. The molecule has 1 aromatic carbocycles. The lowest BCUT2D eigenvalue weighted by Gasteiger charge is -2.31. The van der Waals surface area contributed by atoms with Crippen LogP contribution in [0.3, 0.4) is 0 Å². The molecule has 130 valence electrons. The first-order valence-electron chi connectivity index (χ1n) is 8.22. The summed E-state index contributed by atoms with van der Waals surface area (Å²) in [6.45, 7) is 6.56. The average molecular weight is 349 g/mol. The molecular weight excluding hydrogens is 324 g/mol. The topological polar surface area (TPSA) is 64.7 Å². The second-order valence-corrected chi connectivity index (χ2v) is 6.89. The lowest BCUT2D eigenvalue weighted by Crippen LogP contribution is -2.33. The number of nitrogens with zero attached hydrogens (tertiary/aromatic N) is 1. The van der Waals surface area contributed by atoms with Gasteiger partial charge in [0.1, 0.15) is 5.75 Å². The second-order valence-electron chi connectivity index (χ2n) is 6.52. The maximum atomic E-state index is 12.1. The van der Waals surface area contributed by atoms with Crippen molar-refractivity contribution in [2.45, 2.75) is 33.2 Å². The molecule has 0 saturated carbocycles. The molecule has 1 heterocycles. The monoisotopic (exact) mass is 348 g/mol. The van der Waals surface area contributed by atoms with Crippen LogP contribution in [-0.4, -0.2) is 30.7 Å². The van der Waals surface area contributed by atoms with E-state index in [4.69, 9.17) is 27.1 Å². The SMILES string of the molecule is COc1ccc(C2=C(CN)C(CC(C)C)=NC(C)C2C(=O)Cl)cc1. The first-order chi connectivity index (χ1) is 11.4. The summed E-state index contributed by atoms with van der Waals surface area (Å²) in [7, 11) is 1.63. The van der Waals surface area contributed by atoms with E-state index in [2.05, 4.69) is 13.8 Å². The second kappa shape index (κ2) is 7.95. The fraction of sp³-hybridized carbons (Fsp3) is 0.474. The van der Waals surface area contributed by atoms with Crippen LogP contribution >= 0.6 is 11.6 Å². The molecule has 2 atom stereocenters. The van der Waals surface area contributed by atoms with E-state index in [0.29, 0.717) is 12.5 Å². The van der Waals surface area contributed by atoms with Crippen LogP contribution in [0.2, 0.25) is 0 Å². The number of hydrogen-bond acceptors (Lipinski definition) is 4. The Morgan fingerprint density at radius 1 is 1.33 bits per heavy atom. The van der Waals surface area contributed by atoms with Gasteiger partial charge in [-0.15, -0.1) is 0 Å². The van der Waals surface area contributed by atoms with Crippen molar-refractivity contribution in [3.05, 3.63) is 35.4 Å². The number of methoxy groups -OCH3 is 1. The minimum absolute atomic E-state index is 0.198. The Bertz CT molecular complexity index is 662. The van der Waals surface area contributed by atoms with E-state index in [0.717, 1.165) is 34.6 Å². The molecule has 1 aliphatic heterocycles. The molecule has 2 unspecified atom stereocenters. The van der Waals surface area contributed by atoms with Gasteiger partial charge in [0.2, 0.25) is 5.24 Å². The molecule has 0 aliphatic carbocycles. The van der Waals surface area contributed by atoms with Gasteiger partial charge >= 0.3 is 0 Å². The molecular formula is C19H25ClN2O2. The number of carbonyl (C=O) groups is 1. The average Bonchev–Trinajstić information content (AvgIpc) is 2.53. The highest BCUT2D eigenvalue weighted by Gasteiger charge is 2.35. The molecule has 5 heteroatoms. The highest BCUT2D eigenvalue weighted by Crippen LogP contribution is 2.37. The Morgan fingerprint density at radius 3 is 2.42 bits per heavy atom. The van der Waals surface area contributed by atoms with Gasteiger partial charge in [0, 0.05) is 12.3 Å². The van der Waals surface area contributed by atoms with Gasteiger partial charge in [-0.05, 0) is 59.7 Å². The number of carbonyl (C=O) groups excluding carboxylic acids is 1. The number of aliphatic imine (C=N–C) groups is 1. The van der Waals surface area contributed by atoms with Crippen LogP contribution in [0.1, 0.15) is 32.8 Å². The van der Waals surface area contributed by atoms with Gasteiger partial charge in [0.15, 0.2) is 0 Å². The van der Waals surface area contributed by atoms with E-state index in [1.807, 2.05) is 31.2 Å². The van der Waals surface area contributed by atoms with Crippen LogP contribution in [0, 0.1) is 11.8 Å². The quantitative estimate of drug-likeness (QED) is 0.797. The number of rotatable bonds is 6. The summed E-state index contributed by atoms with van der Waals surface area (Å²) in [6, 6.07) is 7.45. The molecule has 24 heavy (non-hydrogen) atoms. The molecule has 1 aromatic rings. The molecule has 0 fully saturated rings. The first-order valence-corrected chi connectivity index (χ1v) is 8.60. The summed E-state index contributed by atoms with van der Waals surface area (Å²) in [5, 5.41) is -0.397. The summed E-state index contributed by atoms with van der Waals surface area (Å²) in [6.07, 6.45) is 0.833. The summed E-state index contributed by atoms with van der Waals surface area (Å²) in [5.41, 5.74) is 9.81. The lowest BCUT2D eigenvalue weighted by molar-refractivity contribution is -0.113. The molecule has 1 aliphatic rings. The molecule has 4 nitrogen and oxygen atoms in total. The van der Waals surface area contributed by atoms with Gasteiger partial charge in [0.25, 0.3) is 0 Å². The Morgan fingerprint density at radius 2 is 1.96 bits per heavy atom. The first kappa shape index (κ1) is 18.7. The van der Waals surface area contributed by atoms with E-state index in [1.54, 1.807) is 7.11 Å². The van der Waals surface area contributed by atoms with E-state index in [1.165, 1.54) is 0 Å². The van der Waals surface area contributed by atoms with Crippen LogP contribution < -0.4 is 10.5 Å². The van der Waals surface area contributed by atoms with Crippen LogP contribution in [0.15, 0.2) is 34.8 Å². The van der Waals surface area contributed by atoms with E-state index in [9.17, 15) is 4.79 Å². The zero-order valence-corrected chi connectivity index (χ0v) is 15.4. The Labute approximate surface area is 148 Å². The van der Waals surface area contributed by atoms with Crippen molar-refractivity contribution in [1.82, 2.24) is 0 Å². The van der Waals surface area contributed by atoms with Crippen molar-refractivity contribution >= 4 is 28.1 Å². The minimum Gasteiger partial charge on any atom is -0.497 e. The predicted molar refractivity (Wildman–Crippen MR) is 99.7 cm³/mol. The number of hydrogen-bond donors (Lipinski definition) is 1. The lowest BCUT2D eigenvalue weighted by atomic mass is 9.79. The maximum Gasteiger partial charge on any atom is 0.231 e. The fourth-order valence-electron chi connectivity index (χ4n) is 3.20. The maximum absolute atomic E-state index is 12.1. The zero-order valence-electron chi connectivity index (χ0n) is 14.7. The van der Waals surface area contributed by atoms with Crippen molar-refractivity contribution in [2.75, 3.05) is 13.7 Å². The van der Waals surface area contributed by atoms with E-state index in [-0.39, 0.29) is 6.04 Å². The minimum atomic E-state index is -0.477. The van der Waals surface area contributed by atoms with Crippen LogP contribution in [-0.2, 0) is 4.79 Å². The number of halogens is 1. The Hall–Kier alpha value is -1.65. The van der Waals surface area contributed by atoms with Gasteiger partial charge < -0.3 is 10.5 Å². The van der Waals surface area contributed by atoms with Crippen molar-refractivity contribution < 1.29 is 9.53 Å². The number of dihydropyridines is 1. The van der Waals surface area contributed by atoms with Crippen molar-refractivity contribution in [1.29, 1.82) is 0 Å². The fourth-order valence-corrected chi connectivity index (χ4v) is 3.49.